The van der Waals surface area contributed by atoms with E-state index in [1.807, 2.05) is 6.92 Å². The molecular weight excluding hydrogens is 380 g/mol. The number of nitrogens with one attached hydrogen (secondary N) is 1. The highest BCUT2D eigenvalue weighted by molar-refractivity contribution is 7.92. The third-order valence-electron chi connectivity index (χ3n) is 4.85. The molecule has 2 atom stereocenters. The Bertz CT molecular complexity index is 973. The summed E-state index contributed by atoms with van der Waals surface area (Å²) in [6, 6.07) is 10.9. The molecule has 150 valence electrons. The molecule has 0 fully saturated rings. The van der Waals surface area contributed by atoms with Crippen LogP contribution < -0.4 is 14.4 Å². The highest BCUT2D eigenvalue weighted by Gasteiger charge is 2.35. The molecule has 8 heteroatoms. The van der Waals surface area contributed by atoms with Crippen molar-refractivity contribution in [1.82, 2.24) is 5.32 Å². The summed E-state index contributed by atoms with van der Waals surface area (Å²) in [5.41, 5.74) is 1.73. The van der Waals surface area contributed by atoms with Gasteiger partial charge in [0.1, 0.15) is 11.9 Å². The molecule has 0 unspecified atom stereocenters. The largest absolute Gasteiger partial charge is 0.497 e. The zero-order valence-corrected chi connectivity index (χ0v) is 16.9. The van der Waals surface area contributed by atoms with Gasteiger partial charge in [-0.2, -0.15) is 0 Å². The number of sulfonamides is 1. The second-order valence-electron chi connectivity index (χ2n) is 6.86. The molecule has 0 aromatic heterocycles. The van der Waals surface area contributed by atoms with Crippen molar-refractivity contribution in [3.8, 4) is 5.75 Å². The van der Waals surface area contributed by atoms with Crippen LogP contribution in [0.15, 0.2) is 47.4 Å². The first kappa shape index (κ1) is 20.2. The fourth-order valence-corrected chi connectivity index (χ4v) is 4.86. The van der Waals surface area contributed by atoms with E-state index in [0.29, 0.717) is 17.0 Å². The first-order chi connectivity index (χ1) is 13.2. The average molecular weight is 404 g/mol. The average Bonchev–Trinajstić information content (AvgIpc) is 2.79. The second-order valence-corrected chi connectivity index (χ2v) is 8.72. The van der Waals surface area contributed by atoms with Gasteiger partial charge in [-0.3, -0.25) is 9.10 Å². The number of aliphatic hydroxyl groups is 1. The van der Waals surface area contributed by atoms with Crippen LogP contribution in [0.25, 0.3) is 0 Å². The lowest BCUT2D eigenvalue weighted by molar-refractivity contribution is -0.120. The number of anilines is 1. The molecule has 0 aliphatic carbocycles. The number of amides is 1. The number of rotatable bonds is 4. The van der Waals surface area contributed by atoms with Crippen LogP contribution in [0.1, 0.15) is 30.6 Å². The summed E-state index contributed by atoms with van der Waals surface area (Å²) >= 11 is 0. The van der Waals surface area contributed by atoms with E-state index in [-0.39, 0.29) is 23.8 Å². The third-order valence-corrected chi connectivity index (χ3v) is 6.67. The Morgan fingerprint density at radius 1 is 1.21 bits per heavy atom. The smallest absolute Gasteiger partial charge is 0.264 e. The number of hydrogen-bond acceptors (Lipinski definition) is 5. The summed E-state index contributed by atoms with van der Waals surface area (Å²) < 4.78 is 33.3. The number of hydrogen-bond donors (Lipinski definition) is 2. The first-order valence-electron chi connectivity index (χ1n) is 8.96. The maximum atomic E-state index is 13.4. The second kappa shape index (κ2) is 7.81. The SMILES string of the molecule is COc1ccc2c(c1)N(S(=O)(=O)c1ccc(C)cc1)CC[C@@H](NC(C)=O)[C@@H]2O. The fourth-order valence-electron chi connectivity index (χ4n) is 3.37. The van der Waals surface area contributed by atoms with Gasteiger partial charge in [-0.25, -0.2) is 8.42 Å². The maximum absolute atomic E-state index is 13.4. The minimum atomic E-state index is -3.86. The van der Waals surface area contributed by atoms with Gasteiger partial charge in [-0.15, -0.1) is 0 Å². The molecule has 1 heterocycles. The molecular formula is C20H24N2O5S. The summed E-state index contributed by atoms with van der Waals surface area (Å²) in [7, 11) is -2.37. The van der Waals surface area contributed by atoms with Gasteiger partial charge in [0.2, 0.25) is 5.91 Å². The lowest BCUT2D eigenvalue weighted by atomic mass is 10.00. The lowest BCUT2D eigenvalue weighted by Crippen LogP contribution is -2.39. The summed E-state index contributed by atoms with van der Waals surface area (Å²) in [6.07, 6.45) is -0.772. The van der Waals surface area contributed by atoms with Gasteiger partial charge in [-0.05, 0) is 31.5 Å². The number of aryl methyl sites for hydroxylation is 1. The highest BCUT2D eigenvalue weighted by atomic mass is 32.2. The van der Waals surface area contributed by atoms with Gasteiger partial charge in [0.05, 0.1) is 23.7 Å². The normalized spacial score (nSPS) is 19.5. The van der Waals surface area contributed by atoms with E-state index >= 15 is 0 Å². The molecule has 0 spiro atoms. The summed E-state index contributed by atoms with van der Waals surface area (Å²) in [4.78, 5) is 11.7. The summed E-state index contributed by atoms with van der Waals surface area (Å²) in [5.74, 6) is 0.196. The number of aliphatic hydroxyl groups excluding tert-OH is 1. The van der Waals surface area contributed by atoms with Crippen molar-refractivity contribution in [2.45, 2.75) is 37.3 Å². The van der Waals surface area contributed by atoms with Gasteiger partial charge in [-0.1, -0.05) is 23.8 Å². The monoisotopic (exact) mass is 404 g/mol. The van der Waals surface area contributed by atoms with Crippen molar-refractivity contribution in [2.75, 3.05) is 18.0 Å². The number of ether oxygens (including phenoxy) is 1. The van der Waals surface area contributed by atoms with Gasteiger partial charge in [0.25, 0.3) is 10.0 Å². The molecule has 2 aromatic rings. The molecule has 1 aliphatic rings. The van der Waals surface area contributed by atoms with E-state index in [0.717, 1.165) is 5.56 Å². The van der Waals surface area contributed by atoms with Crippen molar-refractivity contribution < 1.29 is 23.1 Å². The quantitative estimate of drug-likeness (QED) is 0.814. The number of nitrogens with zero attached hydrogens (tertiary/aromatic N) is 1. The molecule has 28 heavy (non-hydrogen) atoms. The van der Waals surface area contributed by atoms with E-state index in [9.17, 15) is 18.3 Å². The minimum Gasteiger partial charge on any atom is -0.497 e. The van der Waals surface area contributed by atoms with Gasteiger partial charge < -0.3 is 15.2 Å². The Balaban J connectivity index is 2.12. The van der Waals surface area contributed by atoms with E-state index in [1.54, 1.807) is 42.5 Å². The molecule has 0 radical (unpaired) electrons. The zero-order valence-electron chi connectivity index (χ0n) is 16.0. The van der Waals surface area contributed by atoms with Crippen LogP contribution in [0, 0.1) is 6.92 Å². The van der Waals surface area contributed by atoms with Crippen LogP contribution in [0.5, 0.6) is 5.75 Å². The molecule has 0 saturated heterocycles. The number of carbonyl (C=O) groups excluding carboxylic acids is 1. The predicted molar refractivity (Wildman–Crippen MR) is 106 cm³/mol. The zero-order chi connectivity index (χ0) is 20.5. The molecule has 2 N–H and O–H groups in total. The van der Waals surface area contributed by atoms with Crippen LogP contribution >= 0.6 is 0 Å². The molecule has 0 bridgehead atoms. The van der Waals surface area contributed by atoms with Gasteiger partial charge in [0, 0.05) is 25.1 Å². The Kier molecular flexibility index (Phi) is 5.62. The molecule has 2 aromatic carbocycles. The number of fused-ring (bicyclic) bond motifs is 1. The number of methoxy groups -OCH3 is 1. The lowest BCUT2D eigenvalue weighted by Gasteiger charge is -2.25. The Morgan fingerprint density at radius 2 is 1.89 bits per heavy atom. The highest BCUT2D eigenvalue weighted by Crippen LogP contribution is 2.38. The molecule has 0 saturated carbocycles. The molecule has 1 amide bonds. The standard InChI is InChI=1S/C20H24N2O5S/c1-13-4-7-16(8-5-13)28(25,26)22-11-10-18(21-14(2)23)20(24)17-9-6-15(27-3)12-19(17)22/h4-9,12,18,20,24H,10-11H2,1-3H3,(H,21,23)/t18-,20-/m1/s1. The van der Waals surface area contributed by atoms with Crippen molar-refractivity contribution in [3.05, 3.63) is 53.6 Å². The number of benzene rings is 2. The summed E-state index contributed by atoms with van der Waals surface area (Å²) in [6.45, 7) is 3.36. The predicted octanol–water partition coefficient (Wildman–Crippen LogP) is 2.14. The van der Waals surface area contributed by atoms with Crippen molar-refractivity contribution in [1.29, 1.82) is 0 Å². The van der Waals surface area contributed by atoms with E-state index < -0.39 is 22.2 Å². The van der Waals surface area contributed by atoms with Gasteiger partial charge >= 0.3 is 0 Å². The molecule has 1 aliphatic heterocycles. The molecule has 7 nitrogen and oxygen atoms in total. The Morgan fingerprint density at radius 3 is 2.50 bits per heavy atom. The van der Waals surface area contributed by atoms with E-state index in [1.165, 1.54) is 18.3 Å². The maximum Gasteiger partial charge on any atom is 0.264 e. The van der Waals surface area contributed by atoms with Crippen molar-refractivity contribution in [3.63, 3.8) is 0 Å². The molecule has 3 rings (SSSR count). The van der Waals surface area contributed by atoms with Gasteiger partial charge in [0.15, 0.2) is 0 Å². The van der Waals surface area contributed by atoms with Crippen LogP contribution in [-0.4, -0.2) is 39.1 Å². The summed E-state index contributed by atoms with van der Waals surface area (Å²) in [5, 5.41) is 13.5. The van der Waals surface area contributed by atoms with Crippen molar-refractivity contribution in [2.24, 2.45) is 0 Å². The van der Waals surface area contributed by atoms with Crippen LogP contribution in [0.4, 0.5) is 5.69 Å². The van der Waals surface area contributed by atoms with Crippen LogP contribution in [0.3, 0.4) is 0 Å². The number of carbonyl (C=O) groups is 1. The third kappa shape index (κ3) is 3.83. The van der Waals surface area contributed by atoms with E-state index in [2.05, 4.69) is 5.32 Å². The Hall–Kier alpha value is -2.58. The minimum absolute atomic E-state index is 0.110. The van der Waals surface area contributed by atoms with E-state index in [4.69, 9.17) is 4.74 Å². The van der Waals surface area contributed by atoms with Crippen LogP contribution in [-0.2, 0) is 14.8 Å². The topological polar surface area (TPSA) is 95.9 Å². The first-order valence-corrected chi connectivity index (χ1v) is 10.4. The fraction of sp³-hybridized carbons (Fsp3) is 0.350. The van der Waals surface area contributed by atoms with Crippen molar-refractivity contribution >= 4 is 21.6 Å². The van der Waals surface area contributed by atoms with Crippen LogP contribution in [0.2, 0.25) is 0 Å². The Labute approximate surface area is 165 Å².